The molecule has 154 valence electrons. The summed E-state index contributed by atoms with van der Waals surface area (Å²) < 4.78 is 0. The third-order valence-corrected chi connectivity index (χ3v) is 5.56. The predicted molar refractivity (Wildman–Crippen MR) is 117 cm³/mol. The Labute approximate surface area is 177 Å². The van der Waals surface area contributed by atoms with E-state index < -0.39 is 6.04 Å². The second-order valence-electron chi connectivity index (χ2n) is 7.72. The number of nitrogens with zero attached hydrogens (tertiary/aromatic N) is 2. The molecule has 1 unspecified atom stereocenters. The van der Waals surface area contributed by atoms with E-state index in [1.807, 2.05) is 73.3 Å². The highest BCUT2D eigenvalue weighted by Gasteiger charge is 2.31. The lowest BCUT2D eigenvalue weighted by molar-refractivity contribution is -0.137. The maximum atomic E-state index is 13.1. The van der Waals surface area contributed by atoms with Crippen molar-refractivity contribution in [3.8, 4) is 0 Å². The van der Waals surface area contributed by atoms with Crippen LogP contribution < -0.4 is 10.2 Å². The van der Waals surface area contributed by atoms with Crippen LogP contribution in [0.1, 0.15) is 19.4 Å². The Morgan fingerprint density at radius 2 is 1.59 bits per heavy atom. The number of para-hydroxylation sites is 1. The first-order valence-electron chi connectivity index (χ1n) is 10.1. The zero-order chi connectivity index (χ0) is 20.8. The summed E-state index contributed by atoms with van der Waals surface area (Å²) in [5, 5.41) is 3.67. The van der Waals surface area contributed by atoms with Crippen molar-refractivity contribution >= 4 is 29.1 Å². The van der Waals surface area contributed by atoms with Crippen LogP contribution in [0.3, 0.4) is 0 Å². The van der Waals surface area contributed by atoms with Crippen molar-refractivity contribution in [1.29, 1.82) is 0 Å². The molecule has 6 heteroatoms. The molecule has 0 aromatic heterocycles. The van der Waals surface area contributed by atoms with Gasteiger partial charge in [0.15, 0.2) is 0 Å². The van der Waals surface area contributed by atoms with Crippen LogP contribution in [0.5, 0.6) is 0 Å². The average Bonchev–Trinajstić information content (AvgIpc) is 2.72. The number of piperazine rings is 1. The van der Waals surface area contributed by atoms with Crippen LogP contribution in [0.4, 0.5) is 5.69 Å². The summed E-state index contributed by atoms with van der Waals surface area (Å²) in [5.41, 5.74) is 1.94. The van der Waals surface area contributed by atoms with Crippen molar-refractivity contribution in [1.82, 2.24) is 10.2 Å². The molecular weight excluding hydrogens is 386 g/mol. The van der Waals surface area contributed by atoms with Gasteiger partial charge in [0, 0.05) is 26.2 Å². The molecular formula is C23H28ClN3O2. The fraction of sp³-hybridized carbons (Fsp3) is 0.391. The van der Waals surface area contributed by atoms with Crippen molar-refractivity contribution in [2.24, 2.45) is 5.92 Å². The third kappa shape index (κ3) is 5.51. The lowest BCUT2D eigenvalue weighted by atomic mass is 10.0. The number of hydrogen-bond donors (Lipinski definition) is 1. The van der Waals surface area contributed by atoms with E-state index in [2.05, 4.69) is 10.2 Å². The van der Waals surface area contributed by atoms with E-state index in [4.69, 9.17) is 11.6 Å². The highest BCUT2D eigenvalue weighted by molar-refractivity contribution is 6.33. The van der Waals surface area contributed by atoms with Gasteiger partial charge in [-0.1, -0.05) is 67.9 Å². The molecule has 2 aromatic carbocycles. The molecule has 0 bridgehead atoms. The van der Waals surface area contributed by atoms with Crippen LogP contribution in [-0.4, -0.2) is 48.9 Å². The summed E-state index contributed by atoms with van der Waals surface area (Å²) in [7, 11) is 0. The van der Waals surface area contributed by atoms with Crippen molar-refractivity contribution in [3.63, 3.8) is 0 Å². The maximum Gasteiger partial charge on any atom is 0.245 e. The van der Waals surface area contributed by atoms with E-state index in [1.54, 1.807) is 0 Å². The van der Waals surface area contributed by atoms with Gasteiger partial charge in [0.25, 0.3) is 0 Å². The molecule has 1 saturated heterocycles. The number of rotatable bonds is 6. The SMILES string of the molecule is CC(C)C(NC(=O)Cc1ccccc1)C(=O)N1CCN(c2ccccc2Cl)CC1. The zero-order valence-electron chi connectivity index (χ0n) is 17.0. The fourth-order valence-electron chi connectivity index (χ4n) is 3.59. The van der Waals surface area contributed by atoms with E-state index in [0.29, 0.717) is 13.1 Å². The topological polar surface area (TPSA) is 52.7 Å². The molecule has 1 atom stereocenters. The molecule has 2 amide bonds. The Kier molecular flexibility index (Phi) is 7.15. The van der Waals surface area contributed by atoms with Crippen LogP contribution in [0.25, 0.3) is 0 Å². The first kappa shape index (κ1) is 21.2. The highest BCUT2D eigenvalue weighted by Crippen LogP contribution is 2.26. The van der Waals surface area contributed by atoms with Gasteiger partial charge < -0.3 is 15.1 Å². The highest BCUT2D eigenvalue weighted by atomic mass is 35.5. The molecule has 29 heavy (non-hydrogen) atoms. The summed E-state index contributed by atoms with van der Waals surface area (Å²) in [6.07, 6.45) is 0.275. The van der Waals surface area contributed by atoms with Gasteiger partial charge in [0.05, 0.1) is 17.1 Å². The summed E-state index contributed by atoms with van der Waals surface area (Å²) >= 11 is 6.30. The lowest BCUT2D eigenvalue weighted by Gasteiger charge is -2.38. The summed E-state index contributed by atoms with van der Waals surface area (Å²) in [4.78, 5) is 29.6. The van der Waals surface area contributed by atoms with E-state index >= 15 is 0 Å². The Morgan fingerprint density at radius 1 is 0.966 bits per heavy atom. The molecule has 1 aliphatic rings. The smallest absolute Gasteiger partial charge is 0.245 e. The number of carbonyl (C=O) groups is 2. The van der Waals surface area contributed by atoms with Gasteiger partial charge in [-0.15, -0.1) is 0 Å². The molecule has 0 aliphatic carbocycles. The van der Waals surface area contributed by atoms with Crippen LogP contribution in [-0.2, 0) is 16.0 Å². The molecule has 1 heterocycles. The largest absolute Gasteiger partial charge is 0.367 e. The van der Waals surface area contributed by atoms with Crippen molar-refractivity contribution < 1.29 is 9.59 Å². The molecule has 1 N–H and O–H groups in total. The second-order valence-corrected chi connectivity index (χ2v) is 8.12. The quantitative estimate of drug-likeness (QED) is 0.789. The van der Waals surface area contributed by atoms with E-state index in [0.717, 1.165) is 29.4 Å². The Balaban J connectivity index is 1.58. The van der Waals surface area contributed by atoms with Gasteiger partial charge in [-0.25, -0.2) is 0 Å². The Morgan fingerprint density at radius 3 is 2.21 bits per heavy atom. The first-order chi connectivity index (χ1) is 14.0. The van der Waals surface area contributed by atoms with Gasteiger partial charge in [0.1, 0.15) is 6.04 Å². The second kappa shape index (κ2) is 9.79. The van der Waals surface area contributed by atoms with E-state index in [9.17, 15) is 9.59 Å². The Bertz CT molecular complexity index is 833. The normalized spacial score (nSPS) is 15.3. The van der Waals surface area contributed by atoms with Gasteiger partial charge >= 0.3 is 0 Å². The lowest BCUT2D eigenvalue weighted by Crippen LogP contribution is -2.56. The van der Waals surface area contributed by atoms with Crippen molar-refractivity contribution in [2.45, 2.75) is 26.3 Å². The molecule has 2 aromatic rings. The van der Waals surface area contributed by atoms with Gasteiger partial charge in [-0.3, -0.25) is 9.59 Å². The van der Waals surface area contributed by atoms with Crippen molar-refractivity contribution in [2.75, 3.05) is 31.1 Å². The third-order valence-electron chi connectivity index (χ3n) is 5.24. The minimum Gasteiger partial charge on any atom is -0.367 e. The molecule has 0 saturated carbocycles. The fourth-order valence-corrected chi connectivity index (χ4v) is 3.85. The molecule has 0 radical (unpaired) electrons. The number of anilines is 1. The van der Waals surface area contributed by atoms with Crippen LogP contribution in [0.2, 0.25) is 5.02 Å². The number of halogens is 1. The molecule has 0 spiro atoms. The predicted octanol–water partition coefficient (Wildman–Crippen LogP) is 3.37. The summed E-state index contributed by atoms with van der Waals surface area (Å²) in [6.45, 7) is 6.59. The minimum atomic E-state index is -0.516. The van der Waals surface area contributed by atoms with Gasteiger partial charge in [-0.2, -0.15) is 0 Å². The standard InChI is InChI=1S/C23H28ClN3O2/c1-17(2)22(25-21(28)16-18-8-4-3-5-9-18)23(29)27-14-12-26(13-15-27)20-11-7-6-10-19(20)24/h3-11,17,22H,12-16H2,1-2H3,(H,25,28). The number of hydrogen-bond acceptors (Lipinski definition) is 3. The molecule has 1 fully saturated rings. The molecule has 5 nitrogen and oxygen atoms in total. The first-order valence-corrected chi connectivity index (χ1v) is 10.4. The van der Waals surface area contributed by atoms with Crippen molar-refractivity contribution in [3.05, 3.63) is 65.2 Å². The maximum absolute atomic E-state index is 13.1. The van der Waals surface area contributed by atoms with Crippen LogP contribution >= 0.6 is 11.6 Å². The monoisotopic (exact) mass is 413 g/mol. The summed E-state index contributed by atoms with van der Waals surface area (Å²) in [6, 6.07) is 16.8. The van der Waals surface area contributed by atoms with E-state index in [1.165, 1.54) is 0 Å². The minimum absolute atomic E-state index is 0.0137. The van der Waals surface area contributed by atoms with Gasteiger partial charge in [-0.05, 0) is 23.6 Å². The van der Waals surface area contributed by atoms with Crippen LogP contribution in [0.15, 0.2) is 54.6 Å². The van der Waals surface area contributed by atoms with Crippen LogP contribution in [0, 0.1) is 5.92 Å². The number of nitrogens with one attached hydrogen (secondary N) is 1. The zero-order valence-corrected chi connectivity index (χ0v) is 17.7. The number of amides is 2. The number of carbonyl (C=O) groups excluding carboxylic acids is 2. The molecule has 1 aliphatic heterocycles. The average molecular weight is 414 g/mol. The van der Waals surface area contributed by atoms with Gasteiger partial charge in [0.2, 0.25) is 11.8 Å². The Hall–Kier alpha value is -2.53. The van der Waals surface area contributed by atoms with E-state index in [-0.39, 0.29) is 24.2 Å². The molecule has 3 rings (SSSR count). The summed E-state index contributed by atoms with van der Waals surface area (Å²) in [5.74, 6) is -0.123. The number of benzene rings is 2.